The van der Waals surface area contributed by atoms with Crippen LogP contribution in [-0.4, -0.2) is 55.3 Å². The topological polar surface area (TPSA) is 6.48 Å². The Labute approximate surface area is 120 Å². The molecule has 0 radical (unpaired) electrons. The first-order chi connectivity index (χ1) is 8.83. The average Bonchev–Trinajstić information content (AvgIpc) is 2.58. The van der Waals surface area contributed by atoms with Crippen molar-refractivity contribution in [2.45, 2.75) is 51.4 Å². The molecule has 1 heterocycles. The van der Waals surface area contributed by atoms with Crippen LogP contribution in [0, 0.1) is 0 Å². The van der Waals surface area contributed by atoms with Gasteiger partial charge in [-0.2, -0.15) is 12.6 Å². The zero-order valence-electron chi connectivity index (χ0n) is 12.2. The highest BCUT2D eigenvalue weighted by Gasteiger charge is 2.10. The Morgan fingerprint density at radius 3 is 2.17 bits per heavy atom. The fraction of sp³-hybridized carbons (Fsp3) is 1.00. The van der Waals surface area contributed by atoms with Crippen molar-refractivity contribution in [1.82, 2.24) is 9.80 Å². The number of nitrogens with zero attached hydrogens (tertiary/aromatic N) is 2. The Morgan fingerprint density at radius 1 is 0.778 bits per heavy atom. The lowest BCUT2D eigenvalue weighted by molar-refractivity contribution is 0.270. The van der Waals surface area contributed by atoms with Crippen LogP contribution >= 0.6 is 12.6 Å². The summed E-state index contributed by atoms with van der Waals surface area (Å²) in [5.74, 6) is 1.06. The van der Waals surface area contributed by atoms with Gasteiger partial charge in [-0.1, -0.05) is 32.1 Å². The van der Waals surface area contributed by atoms with E-state index in [1.165, 1.54) is 84.1 Å². The molecule has 0 aromatic heterocycles. The van der Waals surface area contributed by atoms with Crippen LogP contribution in [0.25, 0.3) is 0 Å². The highest BCUT2D eigenvalue weighted by atomic mass is 32.1. The normalized spacial score (nSPS) is 19.0. The summed E-state index contributed by atoms with van der Waals surface area (Å²) in [7, 11) is 2.24. The predicted molar refractivity (Wildman–Crippen MR) is 84.7 cm³/mol. The smallest absolute Gasteiger partial charge is 0.0109 e. The maximum atomic E-state index is 4.24. The summed E-state index contributed by atoms with van der Waals surface area (Å²) < 4.78 is 0. The third kappa shape index (κ3) is 8.39. The number of rotatable bonds is 9. The highest BCUT2D eigenvalue weighted by Crippen LogP contribution is 2.09. The van der Waals surface area contributed by atoms with Crippen molar-refractivity contribution in [3.05, 3.63) is 0 Å². The van der Waals surface area contributed by atoms with Gasteiger partial charge in [0.1, 0.15) is 0 Å². The van der Waals surface area contributed by atoms with Crippen molar-refractivity contribution in [2.24, 2.45) is 0 Å². The molecular weight excluding hydrogens is 240 g/mol. The zero-order valence-corrected chi connectivity index (χ0v) is 13.1. The first-order valence-electron chi connectivity index (χ1n) is 7.84. The van der Waals surface area contributed by atoms with Crippen LogP contribution in [0.2, 0.25) is 0 Å². The molecule has 1 aliphatic rings. The number of unbranched alkanes of at least 4 members (excludes halogenated alkanes) is 6. The molecule has 0 aromatic carbocycles. The Morgan fingerprint density at radius 2 is 1.44 bits per heavy atom. The van der Waals surface area contributed by atoms with Crippen LogP contribution in [0.1, 0.15) is 51.4 Å². The van der Waals surface area contributed by atoms with E-state index in [0.717, 1.165) is 5.75 Å². The van der Waals surface area contributed by atoms with Gasteiger partial charge in [0.05, 0.1) is 0 Å². The summed E-state index contributed by atoms with van der Waals surface area (Å²) in [5.41, 5.74) is 0. The Balaban J connectivity index is 1.88. The minimum atomic E-state index is 1.06. The summed E-state index contributed by atoms with van der Waals surface area (Å²) in [6.45, 7) is 6.45. The van der Waals surface area contributed by atoms with E-state index in [1.54, 1.807) is 0 Å². The average molecular weight is 273 g/mol. The summed E-state index contributed by atoms with van der Waals surface area (Å²) in [4.78, 5) is 5.12. The van der Waals surface area contributed by atoms with Gasteiger partial charge in [0.15, 0.2) is 0 Å². The fourth-order valence-electron chi connectivity index (χ4n) is 2.65. The maximum absolute atomic E-state index is 4.24. The van der Waals surface area contributed by atoms with Crippen molar-refractivity contribution in [1.29, 1.82) is 0 Å². The van der Waals surface area contributed by atoms with Gasteiger partial charge < -0.3 is 9.80 Å². The number of likely N-dealkylation sites (N-methyl/N-ethyl adjacent to an activating group) is 1. The van der Waals surface area contributed by atoms with E-state index in [1.807, 2.05) is 0 Å². The summed E-state index contributed by atoms with van der Waals surface area (Å²) in [6, 6.07) is 0. The summed E-state index contributed by atoms with van der Waals surface area (Å²) in [6.07, 6.45) is 11.1. The third-order valence-electron chi connectivity index (χ3n) is 3.94. The van der Waals surface area contributed by atoms with Gasteiger partial charge in [-0.25, -0.2) is 0 Å². The fourth-order valence-corrected chi connectivity index (χ4v) is 2.88. The molecular formula is C15H32N2S. The quantitative estimate of drug-likeness (QED) is 0.508. The van der Waals surface area contributed by atoms with E-state index in [-0.39, 0.29) is 0 Å². The molecule has 0 unspecified atom stereocenters. The van der Waals surface area contributed by atoms with Crippen molar-refractivity contribution < 1.29 is 0 Å². The molecule has 0 aromatic rings. The third-order valence-corrected chi connectivity index (χ3v) is 4.26. The van der Waals surface area contributed by atoms with Crippen LogP contribution in [-0.2, 0) is 0 Å². The second-order valence-electron chi connectivity index (χ2n) is 5.70. The zero-order chi connectivity index (χ0) is 13.1. The molecule has 1 saturated heterocycles. The van der Waals surface area contributed by atoms with Gasteiger partial charge in [-0.05, 0) is 51.7 Å². The largest absolute Gasteiger partial charge is 0.305 e. The molecule has 3 heteroatoms. The SMILES string of the molecule is CN1CCCN(CCCCCCCCCS)CC1. The van der Waals surface area contributed by atoms with Crippen molar-refractivity contribution >= 4 is 12.6 Å². The molecule has 0 atom stereocenters. The molecule has 0 saturated carbocycles. The monoisotopic (exact) mass is 272 g/mol. The molecule has 0 spiro atoms. The summed E-state index contributed by atoms with van der Waals surface area (Å²) >= 11 is 4.24. The lowest BCUT2D eigenvalue weighted by Gasteiger charge is -2.19. The molecule has 108 valence electrons. The Bertz CT molecular complexity index is 187. The minimum Gasteiger partial charge on any atom is -0.305 e. The Hall–Kier alpha value is 0.270. The molecule has 1 rings (SSSR count). The highest BCUT2D eigenvalue weighted by molar-refractivity contribution is 7.80. The van der Waals surface area contributed by atoms with Crippen LogP contribution in [0.15, 0.2) is 0 Å². The number of thiol groups is 1. The van der Waals surface area contributed by atoms with Crippen LogP contribution in [0.5, 0.6) is 0 Å². The van der Waals surface area contributed by atoms with Crippen molar-refractivity contribution in [2.75, 3.05) is 45.5 Å². The maximum Gasteiger partial charge on any atom is 0.0109 e. The Kier molecular flexibility index (Phi) is 10.1. The molecule has 0 N–H and O–H groups in total. The number of hydrogen-bond donors (Lipinski definition) is 1. The molecule has 18 heavy (non-hydrogen) atoms. The molecule has 0 amide bonds. The van der Waals surface area contributed by atoms with Crippen LogP contribution < -0.4 is 0 Å². The van der Waals surface area contributed by atoms with E-state index in [0.29, 0.717) is 0 Å². The lowest BCUT2D eigenvalue weighted by atomic mass is 10.1. The lowest BCUT2D eigenvalue weighted by Crippen LogP contribution is -2.29. The number of hydrogen-bond acceptors (Lipinski definition) is 3. The van der Waals surface area contributed by atoms with Gasteiger partial charge >= 0.3 is 0 Å². The second-order valence-corrected chi connectivity index (χ2v) is 6.14. The van der Waals surface area contributed by atoms with E-state index in [9.17, 15) is 0 Å². The predicted octanol–water partition coefficient (Wildman–Crippen LogP) is 3.28. The first kappa shape index (κ1) is 16.3. The van der Waals surface area contributed by atoms with Crippen LogP contribution in [0.3, 0.4) is 0 Å². The van der Waals surface area contributed by atoms with E-state index in [4.69, 9.17) is 0 Å². The van der Waals surface area contributed by atoms with Crippen molar-refractivity contribution in [3.63, 3.8) is 0 Å². The standard InChI is InChI=1S/C15H32N2S/c1-16-10-9-12-17(14-13-16)11-7-5-3-2-4-6-8-15-18/h18H,2-15H2,1H3. The molecule has 1 fully saturated rings. The molecule has 0 bridgehead atoms. The molecule has 0 aliphatic carbocycles. The van der Waals surface area contributed by atoms with E-state index in [2.05, 4.69) is 29.5 Å². The van der Waals surface area contributed by atoms with Gasteiger partial charge in [0.25, 0.3) is 0 Å². The van der Waals surface area contributed by atoms with E-state index < -0.39 is 0 Å². The van der Waals surface area contributed by atoms with Gasteiger partial charge in [-0.15, -0.1) is 0 Å². The van der Waals surface area contributed by atoms with Gasteiger partial charge in [0.2, 0.25) is 0 Å². The first-order valence-corrected chi connectivity index (χ1v) is 8.48. The molecule has 1 aliphatic heterocycles. The summed E-state index contributed by atoms with van der Waals surface area (Å²) in [5, 5.41) is 0. The van der Waals surface area contributed by atoms with E-state index >= 15 is 0 Å². The van der Waals surface area contributed by atoms with Crippen molar-refractivity contribution in [3.8, 4) is 0 Å². The van der Waals surface area contributed by atoms with Crippen LogP contribution in [0.4, 0.5) is 0 Å². The minimum absolute atomic E-state index is 1.06. The van der Waals surface area contributed by atoms with Gasteiger partial charge in [0, 0.05) is 13.1 Å². The van der Waals surface area contributed by atoms with Gasteiger partial charge in [-0.3, -0.25) is 0 Å². The molecule has 2 nitrogen and oxygen atoms in total. The second kappa shape index (κ2) is 11.1.